The Bertz CT molecular complexity index is 687. The van der Waals surface area contributed by atoms with Gasteiger partial charge in [0.1, 0.15) is 6.54 Å². The molecule has 1 aliphatic rings. The average molecular weight is 310 g/mol. The summed E-state index contributed by atoms with van der Waals surface area (Å²) in [5.74, 6) is -0.163. The molecule has 116 valence electrons. The molecule has 1 aliphatic heterocycles. The normalized spacial score (nSPS) is 17.2. The fourth-order valence-electron chi connectivity index (χ4n) is 2.94. The molecule has 21 heavy (non-hydrogen) atoms. The largest absolute Gasteiger partial charge is 0.286 e. The summed E-state index contributed by atoms with van der Waals surface area (Å²) in [6, 6.07) is 6.49. The summed E-state index contributed by atoms with van der Waals surface area (Å²) >= 11 is 0. The lowest BCUT2D eigenvalue weighted by Crippen LogP contribution is -2.26. The van der Waals surface area contributed by atoms with E-state index in [0.29, 0.717) is 6.42 Å². The van der Waals surface area contributed by atoms with E-state index in [2.05, 4.69) is 50.5 Å². The number of hydrogen-bond donors (Lipinski definition) is 1. The average Bonchev–Trinajstić information content (AvgIpc) is 2.54. The second-order valence-corrected chi connectivity index (χ2v) is 7.95. The Morgan fingerprint density at radius 3 is 2.48 bits per heavy atom. The van der Waals surface area contributed by atoms with Crippen LogP contribution in [0.1, 0.15) is 44.7 Å². The number of benzene rings is 1. The molecule has 1 N–H and O–H groups in total. The Balaban J connectivity index is 2.18. The van der Waals surface area contributed by atoms with E-state index in [1.807, 2.05) is 0 Å². The molecule has 0 bridgehead atoms. The first-order chi connectivity index (χ1) is 9.63. The van der Waals surface area contributed by atoms with Crippen molar-refractivity contribution in [3.05, 3.63) is 29.3 Å². The summed E-state index contributed by atoms with van der Waals surface area (Å²) in [7, 11) is -3.85. The van der Waals surface area contributed by atoms with E-state index in [1.165, 1.54) is 22.5 Å². The minimum absolute atomic E-state index is 0.00437. The zero-order chi connectivity index (χ0) is 15.8. The van der Waals surface area contributed by atoms with Gasteiger partial charge in [-0.05, 0) is 33.3 Å². The fourth-order valence-corrected chi connectivity index (χ4v) is 3.51. The zero-order valence-electron chi connectivity index (χ0n) is 13.2. The van der Waals surface area contributed by atoms with Gasteiger partial charge >= 0.3 is 0 Å². The molecule has 0 saturated carbocycles. The molecule has 0 saturated heterocycles. The van der Waals surface area contributed by atoms with Gasteiger partial charge in [0.15, 0.2) is 5.71 Å². The Kier molecular flexibility index (Phi) is 4.26. The van der Waals surface area contributed by atoms with Crippen LogP contribution in [0.15, 0.2) is 18.2 Å². The highest BCUT2D eigenvalue weighted by Gasteiger charge is 2.42. The summed E-state index contributed by atoms with van der Waals surface area (Å²) in [4.78, 5) is 0. The van der Waals surface area contributed by atoms with Crippen molar-refractivity contribution < 1.29 is 17.5 Å². The molecule has 0 aliphatic carbocycles. The van der Waals surface area contributed by atoms with Crippen LogP contribution >= 0.6 is 0 Å². The Hall–Kier alpha value is -1.20. The first kappa shape index (κ1) is 16.2. The smallest absolute Gasteiger partial charge is 0.264 e. The maximum Gasteiger partial charge on any atom is 0.264 e. The zero-order valence-corrected chi connectivity index (χ0v) is 14.0. The van der Waals surface area contributed by atoms with Crippen LogP contribution in [-0.4, -0.2) is 35.6 Å². The second-order valence-electron chi connectivity index (χ2n) is 6.38. The summed E-state index contributed by atoms with van der Waals surface area (Å²) in [6.45, 7) is 9.46. The molecule has 1 aromatic rings. The third-order valence-electron chi connectivity index (χ3n) is 4.46. The van der Waals surface area contributed by atoms with Crippen LogP contribution in [0.5, 0.6) is 0 Å². The third kappa shape index (κ3) is 3.35. The molecule has 0 fully saturated rings. The van der Waals surface area contributed by atoms with Crippen LogP contribution in [0.4, 0.5) is 5.69 Å². The Morgan fingerprint density at radius 1 is 1.19 bits per heavy atom. The molecule has 1 aromatic carbocycles. The van der Waals surface area contributed by atoms with E-state index in [-0.39, 0.29) is 11.2 Å². The van der Waals surface area contributed by atoms with Crippen LogP contribution in [0.3, 0.4) is 0 Å². The molecule has 0 spiro atoms. The molecule has 0 atom stereocenters. The summed E-state index contributed by atoms with van der Waals surface area (Å²) in [5.41, 5.74) is 5.09. The highest BCUT2D eigenvalue weighted by atomic mass is 32.2. The van der Waals surface area contributed by atoms with E-state index in [1.54, 1.807) is 0 Å². The number of fused-ring (bicyclic) bond motifs is 1. The molecular formula is C16H24NO3S+. The molecule has 0 aromatic heterocycles. The minimum atomic E-state index is -3.85. The Morgan fingerprint density at radius 2 is 1.86 bits per heavy atom. The first-order valence-corrected chi connectivity index (χ1v) is 8.92. The van der Waals surface area contributed by atoms with Crippen molar-refractivity contribution in [2.75, 3.05) is 12.3 Å². The van der Waals surface area contributed by atoms with E-state index in [9.17, 15) is 8.42 Å². The van der Waals surface area contributed by atoms with Crippen LogP contribution < -0.4 is 0 Å². The number of rotatable bonds is 5. The summed E-state index contributed by atoms with van der Waals surface area (Å²) < 4.78 is 32.6. The fraction of sp³-hybridized carbons (Fsp3) is 0.562. The van der Waals surface area contributed by atoms with Gasteiger partial charge in [-0.1, -0.05) is 11.6 Å². The van der Waals surface area contributed by atoms with Gasteiger partial charge < -0.3 is 0 Å². The lowest BCUT2D eigenvalue weighted by Gasteiger charge is -2.15. The van der Waals surface area contributed by atoms with Gasteiger partial charge in [-0.15, -0.1) is 0 Å². The predicted octanol–water partition coefficient (Wildman–Crippen LogP) is 3.06. The maximum absolute atomic E-state index is 10.8. The van der Waals surface area contributed by atoms with Crippen LogP contribution in [-0.2, 0) is 15.5 Å². The second kappa shape index (κ2) is 5.54. The van der Waals surface area contributed by atoms with Crippen molar-refractivity contribution in [1.82, 2.24) is 0 Å². The SMILES string of the molecule is CC1=[N+](CCCCS(=O)(=O)O)c2ccc(C)cc2C1(C)C. The van der Waals surface area contributed by atoms with Gasteiger partial charge in [-0.2, -0.15) is 13.0 Å². The number of hydrogen-bond acceptors (Lipinski definition) is 2. The lowest BCUT2D eigenvalue weighted by atomic mass is 9.82. The standard InChI is InChI=1S/C16H23NO3S/c1-12-7-8-15-14(11-12)16(3,4)13(2)17(15)9-5-6-10-21(18,19)20/h7-8,11H,5-6,9-10H2,1-4H3/p+1. The predicted molar refractivity (Wildman–Crippen MR) is 85.3 cm³/mol. The van der Waals surface area contributed by atoms with Gasteiger partial charge in [0.05, 0.1) is 11.2 Å². The molecule has 4 nitrogen and oxygen atoms in total. The topological polar surface area (TPSA) is 57.4 Å². The minimum Gasteiger partial charge on any atom is -0.286 e. The highest BCUT2D eigenvalue weighted by molar-refractivity contribution is 7.85. The van der Waals surface area contributed by atoms with Gasteiger partial charge in [-0.25, -0.2) is 0 Å². The number of aryl methyl sites for hydroxylation is 1. The van der Waals surface area contributed by atoms with Crippen molar-refractivity contribution in [3.8, 4) is 0 Å². The molecule has 0 radical (unpaired) electrons. The van der Waals surface area contributed by atoms with Crippen molar-refractivity contribution in [2.24, 2.45) is 0 Å². The molecule has 0 amide bonds. The maximum atomic E-state index is 10.8. The van der Waals surface area contributed by atoms with Gasteiger partial charge in [0.25, 0.3) is 10.1 Å². The lowest BCUT2D eigenvalue weighted by molar-refractivity contribution is -0.439. The van der Waals surface area contributed by atoms with Gasteiger partial charge in [0, 0.05) is 25.0 Å². The van der Waals surface area contributed by atoms with Crippen LogP contribution in [0.2, 0.25) is 0 Å². The van der Waals surface area contributed by atoms with Crippen molar-refractivity contribution in [1.29, 1.82) is 0 Å². The first-order valence-electron chi connectivity index (χ1n) is 7.31. The summed E-state index contributed by atoms with van der Waals surface area (Å²) in [6.07, 6.45) is 1.21. The monoisotopic (exact) mass is 310 g/mol. The van der Waals surface area contributed by atoms with Crippen molar-refractivity contribution in [2.45, 2.75) is 46.0 Å². The third-order valence-corrected chi connectivity index (χ3v) is 5.26. The summed E-state index contributed by atoms with van der Waals surface area (Å²) in [5, 5.41) is 0. The Labute approximate surface area is 127 Å². The number of unbranched alkanes of at least 4 members (excludes halogenated alkanes) is 1. The van der Waals surface area contributed by atoms with Gasteiger partial charge in [-0.3, -0.25) is 4.55 Å². The molecule has 1 heterocycles. The van der Waals surface area contributed by atoms with Crippen molar-refractivity contribution in [3.63, 3.8) is 0 Å². The van der Waals surface area contributed by atoms with Crippen molar-refractivity contribution >= 4 is 21.5 Å². The molecule has 2 rings (SSSR count). The van der Waals surface area contributed by atoms with Crippen LogP contribution in [0.25, 0.3) is 0 Å². The van der Waals surface area contributed by atoms with E-state index in [4.69, 9.17) is 4.55 Å². The van der Waals surface area contributed by atoms with Gasteiger partial charge in [0.2, 0.25) is 5.69 Å². The highest BCUT2D eigenvalue weighted by Crippen LogP contribution is 2.39. The van der Waals surface area contributed by atoms with E-state index >= 15 is 0 Å². The van der Waals surface area contributed by atoms with Crippen LogP contribution in [0, 0.1) is 6.92 Å². The van der Waals surface area contributed by atoms with E-state index in [0.717, 1.165) is 13.0 Å². The molecular weight excluding hydrogens is 286 g/mol. The van der Waals surface area contributed by atoms with E-state index < -0.39 is 10.1 Å². The molecule has 5 heteroatoms. The molecule has 0 unspecified atom stereocenters. The number of nitrogens with zero attached hydrogens (tertiary/aromatic N) is 1. The quantitative estimate of drug-likeness (QED) is 0.516.